The first-order valence-corrected chi connectivity index (χ1v) is 9.03. The molecule has 3 rings (SSSR count). The normalized spacial score (nSPS) is 11.1. The number of hydrogen-bond donors (Lipinski definition) is 1. The van der Waals surface area contributed by atoms with Crippen LogP contribution in [0.15, 0.2) is 54.0 Å². The molecule has 5 heteroatoms. The Labute approximate surface area is 157 Å². The molecule has 0 saturated carbocycles. The first kappa shape index (κ1) is 17.7. The van der Waals surface area contributed by atoms with Crippen molar-refractivity contribution in [3.63, 3.8) is 0 Å². The van der Waals surface area contributed by atoms with E-state index >= 15 is 0 Å². The lowest BCUT2D eigenvalue weighted by atomic mass is 10.1. The molecule has 1 aromatic heterocycles. The van der Waals surface area contributed by atoms with Crippen LogP contribution in [0.1, 0.15) is 16.1 Å². The number of hydrogen-bond acceptors (Lipinski definition) is 5. The zero-order valence-electron chi connectivity index (χ0n) is 14.9. The van der Waals surface area contributed by atoms with Gasteiger partial charge in [-0.2, -0.15) is 5.26 Å². The molecule has 0 atom stereocenters. The Morgan fingerprint density at radius 3 is 2.85 bits per heavy atom. The van der Waals surface area contributed by atoms with E-state index in [4.69, 9.17) is 4.74 Å². The summed E-state index contributed by atoms with van der Waals surface area (Å²) in [6, 6.07) is 16.1. The average Bonchev–Trinajstić information content (AvgIpc) is 3.15. The molecule has 0 amide bonds. The number of aryl methyl sites for hydroxylation is 2. The van der Waals surface area contributed by atoms with Gasteiger partial charge in [-0.3, -0.25) is 0 Å². The van der Waals surface area contributed by atoms with E-state index in [-0.39, 0.29) is 0 Å². The number of thiazole rings is 1. The second kappa shape index (κ2) is 7.85. The van der Waals surface area contributed by atoms with Crippen molar-refractivity contribution in [2.24, 2.45) is 0 Å². The van der Waals surface area contributed by atoms with E-state index in [9.17, 15) is 5.26 Å². The maximum Gasteiger partial charge on any atom is 0.136 e. The summed E-state index contributed by atoms with van der Waals surface area (Å²) in [5.74, 6) is 0.782. The van der Waals surface area contributed by atoms with E-state index in [1.54, 1.807) is 13.3 Å². The van der Waals surface area contributed by atoms with Gasteiger partial charge in [-0.15, -0.1) is 11.3 Å². The van der Waals surface area contributed by atoms with E-state index < -0.39 is 0 Å². The zero-order chi connectivity index (χ0) is 18.5. The summed E-state index contributed by atoms with van der Waals surface area (Å²) in [5, 5.41) is 15.4. The fraction of sp³-hybridized carbons (Fsp3) is 0.143. The van der Waals surface area contributed by atoms with Gasteiger partial charge in [-0.1, -0.05) is 24.3 Å². The van der Waals surface area contributed by atoms with Crippen molar-refractivity contribution in [1.82, 2.24) is 4.98 Å². The van der Waals surface area contributed by atoms with E-state index in [1.165, 1.54) is 16.9 Å². The molecular formula is C21H19N3OS. The minimum Gasteiger partial charge on any atom is -0.497 e. The zero-order valence-corrected chi connectivity index (χ0v) is 15.7. The van der Waals surface area contributed by atoms with Crippen molar-refractivity contribution in [3.05, 3.63) is 70.2 Å². The SMILES string of the molecule is COc1cccc(-c2csc(/C(C#N)=C\Nc3cc(C)ccc3C)n2)c1. The third-order valence-electron chi connectivity index (χ3n) is 3.99. The highest BCUT2D eigenvalue weighted by atomic mass is 32.1. The number of anilines is 1. The molecule has 1 N–H and O–H groups in total. The molecule has 0 unspecified atom stereocenters. The van der Waals surface area contributed by atoms with Crippen LogP contribution in [0.4, 0.5) is 5.69 Å². The number of nitrogens with one attached hydrogen (secondary N) is 1. The number of nitrogens with zero attached hydrogens (tertiary/aromatic N) is 2. The highest BCUT2D eigenvalue weighted by Gasteiger charge is 2.10. The minimum absolute atomic E-state index is 0.505. The van der Waals surface area contributed by atoms with Gasteiger partial charge in [0.1, 0.15) is 22.4 Å². The summed E-state index contributed by atoms with van der Waals surface area (Å²) in [6.45, 7) is 4.08. The summed E-state index contributed by atoms with van der Waals surface area (Å²) in [6.07, 6.45) is 1.72. The molecule has 0 fully saturated rings. The van der Waals surface area contributed by atoms with Gasteiger partial charge in [0, 0.05) is 22.8 Å². The maximum absolute atomic E-state index is 9.53. The number of methoxy groups -OCH3 is 1. The molecular weight excluding hydrogens is 342 g/mol. The van der Waals surface area contributed by atoms with Crippen LogP contribution in [0, 0.1) is 25.2 Å². The van der Waals surface area contributed by atoms with Gasteiger partial charge in [0.2, 0.25) is 0 Å². The summed E-state index contributed by atoms with van der Waals surface area (Å²) < 4.78 is 5.26. The van der Waals surface area contributed by atoms with Crippen molar-refractivity contribution in [2.75, 3.05) is 12.4 Å². The molecule has 0 aliphatic carbocycles. The first-order valence-electron chi connectivity index (χ1n) is 8.15. The van der Waals surface area contributed by atoms with Crippen molar-refractivity contribution < 1.29 is 4.74 Å². The standard InChI is InChI=1S/C21H19N3OS/c1-14-7-8-15(2)19(9-14)23-12-17(11-22)21-24-20(13-26-21)16-5-4-6-18(10-16)25-3/h4-10,12-13,23H,1-3H3/b17-12-. The van der Waals surface area contributed by atoms with Crippen LogP contribution in [-0.4, -0.2) is 12.1 Å². The Balaban J connectivity index is 1.86. The lowest BCUT2D eigenvalue weighted by Crippen LogP contribution is -1.94. The Morgan fingerprint density at radius 1 is 1.23 bits per heavy atom. The Bertz CT molecular complexity index is 998. The van der Waals surface area contributed by atoms with Crippen LogP contribution in [0.5, 0.6) is 5.75 Å². The third-order valence-corrected chi connectivity index (χ3v) is 4.86. The van der Waals surface area contributed by atoms with Gasteiger partial charge in [0.05, 0.1) is 12.8 Å². The molecule has 2 aromatic carbocycles. The first-order chi connectivity index (χ1) is 12.6. The van der Waals surface area contributed by atoms with E-state index in [0.717, 1.165) is 28.3 Å². The summed E-state index contributed by atoms with van der Waals surface area (Å²) >= 11 is 1.45. The number of nitriles is 1. The molecule has 0 saturated heterocycles. The summed E-state index contributed by atoms with van der Waals surface area (Å²) in [5.41, 5.74) is 5.58. The Kier molecular flexibility index (Phi) is 5.35. The lowest BCUT2D eigenvalue weighted by molar-refractivity contribution is 0.415. The molecule has 3 aromatic rings. The van der Waals surface area contributed by atoms with Crippen LogP contribution in [0.3, 0.4) is 0 Å². The summed E-state index contributed by atoms with van der Waals surface area (Å²) in [7, 11) is 1.64. The monoisotopic (exact) mass is 361 g/mol. The molecule has 1 heterocycles. The molecule has 0 aliphatic heterocycles. The lowest BCUT2D eigenvalue weighted by Gasteiger charge is -2.06. The van der Waals surface area contributed by atoms with Crippen LogP contribution in [0.2, 0.25) is 0 Å². The number of rotatable bonds is 5. The summed E-state index contributed by atoms with van der Waals surface area (Å²) in [4.78, 5) is 4.61. The second-order valence-electron chi connectivity index (χ2n) is 5.90. The van der Waals surface area contributed by atoms with E-state index in [2.05, 4.69) is 34.6 Å². The largest absolute Gasteiger partial charge is 0.497 e. The Hall–Kier alpha value is -3.10. The van der Waals surface area contributed by atoms with Crippen molar-refractivity contribution in [2.45, 2.75) is 13.8 Å². The minimum atomic E-state index is 0.505. The van der Waals surface area contributed by atoms with Gasteiger partial charge >= 0.3 is 0 Å². The van der Waals surface area contributed by atoms with Crippen LogP contribution < -0.4 is 10.1 Å². The predicted molar refractivity (Wildman–Crippen MR) is 107 cm³/mol. The van der Waals surface area contributed by atoms with Crippen LogP contribution in [-0.2, 0) is 0 Å². The number of benzene rings is 2. The number of allylic oxidation sites excluding steroid dienone is 1. The molecule has 4 nitrogen and oxygen atoms in total. The van der Waals surface area contributed by atoms with Gasteiger partial charge in [-0.05, 0) is 43.2 Å². The van der Waals surface area contributed by atoms with E-state index in [1.807, 2.05) is 43.5 Å². The second-order valence-corrected chi connectivity index (χ2v) is 6.76. The molecule has 0 bridgehead atoms. The van der Waals surface area contributed by atoms with E-state index in [0.29, 0.717) is 10.6 Å². The smallest absolute Gasteiger partial charge is 0.136 e. The molecule has 0 aliphatic rings. The molecule has 26 heavy (non-hydrogen) atoms. The fourth-order valence-electron chi connectivity index (χ4n) is 2.50. The molecule has 0 spiro atoms. The van der Waals surface area contributed by atoms with Crippen LogP contribution >= 0.6 is 11.3 Å². The fourth-order valence-corrected chi connectivity index (χ4v) is 3.29. The van der Waals surface area contributed by atoms with Gasteiger partial charge < -0.3 is 10.1 Å². The van der Waals surface area contributed by atoms with Crippen LogP contribution in [0.25, 0.3) is 16.8 Å². The van der Waals surface area contributed by atoms with Crippen molar-refractivity contribution in [3.8, 4) is 23.1 Å². The van der Waals surface area contributed by atoms with Crippen molar-refractivity contribution >= 4 is 22.6 Å². The maximum atomic E-state index is 9.53. The van der Waals surface area contributed by atoms with Gasteiger partial charge in [0.15, 0.2) is 0 Å². The topological polar surface area (TPSA) is 57.9 Å². The quantitative estimate of drug-likeness (QED) is 0.617. The molecule has 130 valence electrons. The highest BCUT2D eigenvalue weighted by Crippen LogP contribution is 2.28. The number of ether oxygens (including phenoxy) is 1. The average molecular weight is 361 g/mol. The number of aromatic nitrogens is 1. The van der Waals surface area contributed by atoms with Gasteiger partial charge in [0.25, 0.3) is 0 Å². The van der Waals surface area contributed by atoms with Crippen molar-refractivity contribution in [1.29, 1.82) is 5.26 Å². The molecule has 0 radical (unpaired) electrons. The Morgan fingerprint density at radius 2 is 2.08 bits per heavy atom. The predicted octanol–water partition coefficient (Wildman–Crippen LogP) is 5.41. The highest BCUT2D eigenvalue weighted by molar-refractivity contribution is 7.11. The van der Waals surface area contributed by atoms with Gasteiger partial charge in [-0.25, -0.2) is 4.98 Å². The third kappa shape index (κ3) is 3.93.